The Balaban J connectivity index is 0.00000120. The third-order valence-corrected chi connectivity index (χ3v) is 4.53. The summed E-state index contributed by atoms with van der Waals surface area (Å²) in [4.78, 5) is 12.3. The van der Waals surface area contributed by atoms with Gasteiger partial charge in [0.1, 0.15) is 0 Å². The molecule has 3 rings (SSSR count). The first-order valence-electron chi connectivity index (χ1n) is 7.28. The van der Waals surface area contributed by atoms with Gasteiger partial charge in [0.15, 0.2) is 0 Å². The Morgan fingerprint density at radius 3 is 2.28 bits per heavy atom. The third-order valence-electron chi connectivity index (χ3n) is 4.53. The summed E-state index contributed by atoms with van der Waals surface area (Å²) in [5.74, 6) is 2.18. The molecule has 0 aromatic heterocycles. The summed E-state index contributed by atoms with van der Waals surface area (Å²) in [6.07, 6.45) is 7.34. The maximum atomic E-state index is 12.3. The second-order valence-electron chi connectivity index (χ2n) is 6.29. The zero-order valence-corrected chi connectivity index (χ0v) is 12.0. The Bertz CT molecular complexity index is 290. The Hall–Kier alpha value is -0.280. The average molecular weight is 273 g/mol. The van der Waals surface area contributed by atoms with Gasteiger partial charge in [-0.25, -0.2) is 0 Å². The highest BCUT2D eigenvalue weighted by Crippen LogP contribution is 2.49. The molecule has 4 heteroatoms. The molecule has 104 valence electrons. The molecule has 3 nitrogen and oxygen atoms in total. The molecule has 2 atom stereocenters. The maximum absolute atomic E-state index is 12.3. The lowest BCUT2D eigenvalue weighted by atomic mass is 9.94. The molecule has 3 aliphatic rings. The van der Waals surface area contributed by atoms with Gasteiger partial charge >= 0.3 is 0 Å². The first-order chi connectivity index (χ1) is 8.24. The van der Waals surface area contributed by atoms with E-state index < -0.39 is 0 Å². The first kappa shape index (κ1) is 14.1. The number of rotatable bonds is 4. The summed E-state index contributed by atoms with van der Waals surface area (Å²) in [7, 11) is 0. The zero-order chi connectivity index (χ0) is 11.8. The number of piperidine rings is 1. The highest BCUT2D eigenvalue weighted by atomic mass is 35.5. The fourth-order valence-corrected chi connectivity index (χ4v) is 3.28. The van der Waals surface area contributed by atoms with Gasteiger partial charge in [0.05, 0.1) is 0 Å². The van der Waals surface area contributed by atoms with Gasteiger partial charge in [-0.15, -0.1) is 12.4 Å². The summed E-state index contributed by atoms with van der Waals surface area (Å²) in [6, 6.07) is 0.966. The molecule has 18 heavy (non-hydrogen) atoms. The Morgan fingerprint density at radius 1 is 1.17 bits per heavy atom. The molecule has 0 aromatic rings. The van der Waals surface area contributed by atoms with Gasteiger partial charge in [0, 0.05) is 18.0 Å². The molecular formula is C14H25ClN2O. The van der Waals surface area contributed by atoms with Crippen molar-refractivity contribution in [3.8, 4) is 0 Å². The second-order valence-corrected chi connectivity index (χ2v) is 6.29. The zero-order valence-electron chi connectivity index (χ0n) is 11.2. The van der Waals surface area contributed by atoms with Crippen LogP contribution in [0.1, 0.15) is 45.4 Å². The van der Waals surface area contributed by atoms with E-state index in [9.17, 15) is 4.79 Å². The van der Waals surface area contributed by atoms with Crippen molar-refractivity contribution in [1.82, 2.24) is 10.6 Å². The van der Waals surface area contributed by atoms with Gasteiger partial charge in [-0.1, -0.05) is 0 Å². The van der Waals surface area contributed by atoms with Crippen LogP contribution in [0.5, 0.6) is 0 Å². The van der Waals surface area contributed by atoms with Gasteiger partial charge in [-0.2, -0.15) is 0 Å². The van der Waals surface area contributed by atoms with Gasteiger partial charge in [-0.05, 0) is 63.8 Å². The fourth-order valence-electron chi connectivity index (χ4n) is 3.28. The van der Waals surface area contributed by atoms with Crippen LogP contribution in [0.4, 0.5) is 0 Å². The van der Waals surface area contributed by atoms with Crippen LogP contribution in [-0.2, 0) is 4.79 Å². The first-order valence-corrected chi connectivity index (χ1v) is 7.28. The molecule has 1 aliphatic heterocycles. The number of hydrogen-bond donors (Lipinski definition) is 2. The van der Waals surface area contributed by atoms with E-state index in [4.69, 9.17) is 0 Å². The molecule has 0 aromatic carbocycles. The standard InChI is InChI=1S/C14H24N2O.ClH/c1-9-8-12(6-7-15-9)16-14(17)13(10-2-3-10)11-4-5-11;/h9-13,15H,2-8H2,1H3,(H,16,17);1H. The van der Waals surface area contributed by atoms with Crippen LogP contribution in [-0.4, -0.2) is 24.5 Å². The van der Waals surface area contributed by atoms with Crippen molar-refractivity contribution in [2.75, 3.05) is 6.54 Å². The van der Waals surface area contributed by atoms with Crippen LogP contribution in [0.3, 0.4) is 0 Å². The van der Waals surface area contributed by atoms with Crippen molar-refractivity contribution in [1.29, 1.82) is 0 Å². The van der Waals surface area contributed by atoms with Crippen LogP contribution in [0.25, 0.3) is 0 Å². The minimum atomic E-state index is 0. The number of amides is 1. The van der Waals surface area contributed by atoms with Gasteiger partial charge in [-0.3, -0.25) is 4.79 Å². The maximum Gasteiger partial charge on any atom is 0.223 e. The number of carbonyl (C=O) groups excluding carboxylic acids is 1. The van der Waals surface area contributed by atoms with E-state index >= 15 is 0 Å². The monoisotopic (exact) mass is 272 g/mol. The van der Waals surface area contributed by atoms with Gasteiger partial charge in [0.2, 0.25) is 5.91 Å². The topological polar surface area (TPSA) is 41.1 Å². The molecule has 0 spiro atoms. The fraction of sp³-hybridized carbons (Fsp3) is 0.929. The Kier molecular flexibility index (Phi) is 4.54. The smallest absolute Gasteiger partial charge is 0.223 e. The molecule has 2 aliphatic carbocycles. The summed E-state index contributed by atoms with van der Waals surface area (Å²) >= 11 is 0. The third kappa shape index (κ3) is 3.39. The highest BCUT2D eigenvalue weighted by Gasteiger charge is 2.45. The molecular weight excluding hydrogens is 248 g/mol. The molecule has 2 saturated carbocycles. The van der Waals surface area contributed by atoms with Crippen LogP contribution < -0.4 is 10.6 Å². The van der Waals surface area contributed by atoms with Crippen molar-refractivity contribution < 1.29 is 4.79 Å². The van der Waals surface area contributed by atoms with Crippen LogP contribution in [0.15, 0.2) is 0 Å². The summed E-state index contributed by atoms with van der Waals surface area (Å²) in [5.41, 5.74) is 0. The molecule has 2 unspecified atom stereocenters. The van der Waals surface area contributed by atoms with Crippen LogP contribution in [0, 0.1) is 17.8 Å². The predicted molar refractivity (Wildman–Crippen MR) is 74.8 cm³/mol. The molecule has 1 amide bonds. The van der Waals surface area contributed by atoms with Crippen molar-refractivity contribution >= 4 is 18.3 Å². The van der Waals surface area contributed by atoms with E-state index in [1.807, 2.05) is 0 Å². The normalized spacial score (nSPS) is 31.9. The van der Waals surface area contributed by atoms with E-state index in [1.54, 1.807) is 0 Å². The van der Waals surface area contributed by atoms with Crippen LogP contribution >= 0.6 is 12.4 Å². The highest BCUT2D eigenvalue weighted by molar-refractivity contribution is 5.85. The number of halogens is 1. The lowest BCUT2D eigenvalue weighted by Gasteiger charge is -2.30. The summed E-state index contributed by atoms with van der Waals surface area (Å²) < 4.78 is 0. The quantitative estimate of drug-likeness (QED) is 0.823. The average Bonchev–Trinajstić information content (AvgIpc) is 3.11. The molecule has 0 radical (unpaired) electrons. The van der Waals surface area contributed by atoms with Crippen molar-refractivity contribution in [2.24, 2.45) is 17.8 Å². The van der Waals surface area contributed by atoms with Crippen LogP contribution in [0.2, 0.25) is 0 Å². The van der Waals surface area contributed by atoms with E-state index in [0.29, 0.717) is 23.9 Å². The molecule has 2 N–H and O–H groups in total. The van der Waals surface area contributed by atoms with Crippen molar-refractivity contribution in [2.45, 2.75) is 57.5 Å². The van der Waals surface area contributed by atoms with E-state index in [2.05, 4.69) is 17.6 Å². The molecule has 1 heterocycles. The SMILES string of the molecule is CC1CC(NC(=O)C(C2CC2)C2CC2)CCN1.Cl. The van der Waals surface area contributed by atoms with E-state index in [0.717, 1.165) is 31.2 Å². The summed E-state index contributed by atoms with van der Waals surface area (Å²) in [5, 5.41) is 6.75. The minimum Gasteiger partial charge on any atom is -0.353 e. The largest absolute Gasteiger partial charge is 0.353 e. The van der Waals surface area contributed by atoms with Crippen molar-refractivity contribution in [3.05, 3.63) is 0 Å². The lowest BCUT2D eigenvalue weighted by molar-refractivity contribution is -0.127. The number of nitrogens with one attached hydrogen (secondary N) is 2. The lowest BCUT2D eigenvalue weighted by Crippen LogP contribution is -2.48. The number of hydrogen-bond acceptors (Lipinski definition) is 2. The Morgan fingerprint density at radius 2 is 1.78 bits per heavy atom. The van der Waals surface area contributed by atoms with Gasteiger partial charge < -0.3 is 10.6 Å². The number of carbonyl (C=O) groups is 1. The van der Waals surface area contributed by atoms with Crippen molar-refractivity contribution in [3.63, 3.8) is 0 Å². The molecule has 0 bridgehead atoms. The minimum absolute atomic E-state index is 0. The second kappa shape index (κ2) is 5.79. The van der Waals surface area contributed by atoms with E-state index in [-0.39, 0.29) is 12.4 Å². The van der Waals surface area contributed by atoms with E-state index in [1.165, 1.54) is 25.7 Å². The van der Waals surface area contributed by atoms with Gasteiger partial charge in [0.25, 0.3) is 0 Å². The molecule has 3 fully saturated rings. The Labute approximate surface area is 116 Å². The summed E-state index contributed by atoms with van der Waals surface area (Å²) in [6.45, 7) is 3.25. The molecule has 1 saturated heterocycles. The predicted octanol–water partition coefficient (Wildman–Crippen LogP) is 2.10.